The quantitative estimate of drug-likeness (QED) is 0.829. The Morgan fingerprint density at radius 3 is 2.85 bits per heavy atom. The first-order valence-corrected chi connectivity index (χ1v) is 8.11. The van der Waals surface area contributed by atoms with Gasteiger partial charge in [0.2, 0.25) is 0 Å². The van der Waals surface area contributed by atoms with Gasteiger partial charge in [0.1, 0.15) is 5.82 Å². The number of nitrogens with two attached hydrogens (primary N) is 1. The minimum Gasteiger partial charge on any atom is -0.383 e. The van der Waals surface area contributed by atoms with Gasteiger partial charge in [-0.2, -0.15) is 0 Å². The molecule has 3 unspecified atom stereocenters. The molecule has 1 aliphatic carbocycles. The average molecular weight is 275 g/mol. The lowest BCUT2D eigenvalue weighted by Crippen LogP contribution is -2.29. The Morgan fingerprint density at radius 1 is 1.40 bits per heavy atom. The molecule has 0 bridgehead atoms. The molecule has 3 atom stereocenters. The Morgan fingerprint density at radius 2 is 2.20 bits per heavy atom. The molecule has 3 nitrogen and oxygen atoms in total. The largest absolute Gasteiger partial charge is 0.383 e. The maximum atomic E-state index is 6.15. The number of pyridine rings is 1. The van der Waals surface area contributed by atoms with Gasteiger partial charge < -0.3 is 11.1 Å². The number of hydrogen-bond donors (Lipinski definition) is 2. The van der Waals surface area contributed by atoms with E-state index in [0.29, 0.717) is 17.8 Å². The molecule has 0 saturated heterocycles. The summed E-state index contributed by atoms with van der Waals surface area (Å²) in [6.45, 7) is 7.66. The number of nitrogens with zero attached hydrogens (tertiary/aromatic N) is 1. The van der Waals surface area contributed by atoms with Crippen molar-refractivity contribution in [2.24, 2.45) is 11.8 Å². The topological polar surface area (TPSA) is 50.9 Å². The summed E-state index contributed by atoms with van der Waals surface area (Å²) in [5.74, 6) is 2.30. The molecular weight excluding hydrogens is 246 g/mol. The SMILES string of the molecule is CCCNC(c1cc(C)cnc1N)C1CCC(CC)C1. The van der Waals surface area contributed by atoms with Crippen molar-refractivity contribution < 1.29 is 0 Å². The molecule has 0 spiro atoms. The molecule has 0 amide bonds. The predicted octanol–water partition coefficient (Wildman–Crippen LogP) is 3.84. The van der Waals surface area contributed by atoms with E-state index >= 15 is 0 Å². The lowest BCUT2D eigenvalue weighted by Gasteiger charge is -2.26. The van der Waals surface area contributed by atoms with E-state index in [1.54, 1.807) is 0 Å². The van der Waals surface area contributed by atoms with Crippen LogP contribution < -0.4 is 11.1 Å². The lowest BCUT2D eigenvalue weighted by molar-refractivity contribution is 0.354. The summed E-state index contributed by atoms with van der Waals surface area (Å²) in [5, 5.41) is 3.72. The van der Waals surface area contributed by atoms with E-state index in [9.17, 15) is 0 Å². The third-order valence-electron chi connectivity index (χ3n) is 4.67. The molecular formula is C17H29N3. The molecule has 112 valence electrons. The second-order valence-corrected chi connectivity index (χ2v) is 6.27. The molecule has 0 aromatic carbocycles. The average Bonchev–Trinajstić information content (AvgIpc) is 2.92. The van der Waals surface area contributed by atoms with Gasteiger partial charge >= 0.3 is 0 Å². The number of aromatic nitrogens is 1. The van der Waals surface area contributed by atoms with Gasteiger partial charge in [-0.3, -0.25) is 0 Å². The summed E-state index contributed by atoms with van der Waals surface area (Å²) in [7, 11) is 0. The molecule has 0 aliphatic heterocycles. The van der Waals surface area contributed by atoms with Crippen LogP contribution in [0.4, 0.5) is 5.82 Å². The fourth-order valence-corrected chi connectivity index (χ4v) is 3.47. The van der Waals surface area contributed by atoms with Gasteiger partial charge in [0.15, 0.2) is 0 Å². The number of aryl methyl sites for hydroxylation is 1. The van der Waals surface area contributed by atoms with Crippen LogP contribution in [0.15, 0.2) is 12.3 Å². The Kier molecular flexibility index (Phi) is 5.41. The summed E-state index contributed by atoms with van der Waals surface area (Å²) in [6.07, 6.45) is 8.32. The van der Waals surface area contributed by atoms with Crippen molar-refractivity contribution in [3.8, 4) is 0 Å². The minimum atomic E-state index is 0.374. The van der Waals surface area contributed by atoms with Gasteiger partial charge in [0.25, 0.3) is 0 Å². The number of rotatable bonds is 6. The fraction of sp³-hybridized carbons (Fsp3) is 0.706. The molecule has 20 heavy (non-hydrogen) atoms. The van der Waals surface area contributed by atoms with E-state index in [1.807, 2.05) is 6.20 Å². The smallest absolute Gasteiger partial charge is 0.128 e. The van der Waals surface area contributed by atoms with E-state index in [4.69, 9.17) is 5.73 Å². The Hall–Kier alpha value is -1.09. The molecule has 2 rings (SSSR count). The van der Waals surface area contributed by atoms with Crippen LogP contribution in [0.5, 0.6) is 0 Å². The van der Waals surface area contributed by atoms with Crippen LogP contribution >= 0.6 is 0 Å². The molecule has 1 heterocycles. The molecule has 0 radical (unpaired) electrons. The first kappa shape index (κ1) is 15.3. The van der Waals surface area contributed by atoms with E-state index in [-0.39, 0.29) is 0 Å². The highest BCUT2D eigenvalue weighted by molar-refractivity contribution is 5.43. The van der Waals surface area contributed by atoms with Crippen LogP contribution in [0, 0.1) is 18.8 Å². The van der Waals surface area contributed by atoms with Gasteiger partial charge in [0, 0.05) is 17.8 Å². The van der Waals surface area contributed by atoms with E-state index in [2.05, 4.69) is 37.1 Å². The van der Waals surface area contributed by atoms with Crippen molar-refractivity contribution in [2.45, 2.75) is 58.9 Å². The minimum absolute atomic E-state index is 0.374. The van der Waals surface area contributed by atoms with Crippen LogP contribution in [-0.2, 0) is 0 Å². The van der Waals surface area contributed by atoms with Crippen LogP contribution in [0.3, 0.4) is 0 Å². The lowest BCUT2D eigenvalue weighted by atomic mass is 9.90. The first-order chi connectivity index (χ1) is 9.65. The van der Waals surface area contributed by atoms with Crippen molar-refractivity contribution in [3.05, 3.63) is 23.4 Å². The monoisotopic (exact) mass is 275 g/mol. The molecule has 1 saturated carbocycles. The predicted molar refractivity (Wildman–Crippen MR) is 85.5 cm³/mol. The number of hydrogen-bond acceptors (Lipinski definition) is 3. The summed E-state index contributed by atoms with van der Waals surface area (Å²) in [5.41, 5.74) is 8.55. The molecule has 1 aromatic rings. The highest BCUT2D eigenvalue weighted by Gasteiger charge is 2.31. The summed E-state index contributed by atoms with van der Waals surface area (Å²) in [4.78, 5) is 4.36. The van der Waals surface area contributed by atoms with Crippen molar-refractivity contribution in [2.75, 3.05) is 12.3 Å². The van der Waals surface area contributed by atoms with Crippen LogP contribution in [0.2, 0.25) is 0 Å². The highest BCUT2D eigenvalue weighted by atomic mass is 14.9. The third kappa shape index (κ3) is 3.51. The van der Waals surface area contributed by atoms with Gasteiger partial charge in [-0.15, -0.1) is 0 Å². The van der Waals surface area contributed by atoms with Crippen LogP contribution in [0.25, 0.3) is 0 Å². The summed E-state index contributed by atoms with van der Waals surface area (Å²) >= 11 is 0. The Balaban J connectivity index is 2.20. The zero-order valence-electron chi connectivity index (χ0n) is 13.2. The number of anilines is 1. The molecule has 3 heteroatoms. The summed E-state index contributed by atoms with van der Waals surface area (Å²) < 4.78 is 0. The Bertz CT molecular complexity index is 430. The molecule has 1 fully saturated rings. The highest BCUT2D eigenvalue weighted by Crippen LogP contribution is 2.41. The van der Waals surface area contributed by atoms with Gasteiger partial charge in [0.05, 0.1) is 0 Å². The molecule has 3 N–H and O–H groups in total. The number of nitrogens with one attached hydrogen (secondary N) is 1. The second kappa shape index (κ2) is 7.07. The van der Waals surface area contributed by atoms with Gasteiger partial charge in [-0.05, 0) is 56.2 Å². The molecule has 1 aromatic heterocycles. The maximum absolute atomic E-state index is 6.15. The van der Waals surface area contributed by atoms with Crippen molar-refractivity contribution in [3.63, 3.8) is 0 Å². The third-order valence-corrected chi connectivity index (χ3v) is 4.67. The van der Waals surface area contributed by atoms with Crippen molar-refractivity contribution in [1.82, 2.24) is 10.3 Å². The van der Waals surface area contributed by atoms with Gasteiger partial charge in [-0.25, -0.2) is 4.98 Å². The zero-order valence-corrected chi connectivity index (χ0v) is 13.2. The zero-order chi connectivity index (χ0) is 14.5. The first-order valence-electron chi connectivity index (χ1n) is 8.11. The van der Waals surface area contributed by atoms with Crippen molar-refractivity contribution in [1.29, 1.82) is 0 Å². The van der Waals surface area contributed by atoms with E-state index in [0.717, 1.165) is 18.9 Å². The fourth-order valence-electron chi connectivity index (χ4n) is 3.47. The van der Waals surface area contributed by atoms with Crippen LogP contribution in [-0.4, -0.2) is 11.5 Å². The molecule has 1 aliphatic rings. The van der Waals surface area contributed by atoms with Gasteiger partial charge in [-0.1, -0.05) is 26.7 Å². The van der Waals surface area contributed by atoms with Crippen LogP contribution in [0.1, 0.15) is 63.1 Å². The van der Waals surface area contributed by atoms with E-state index < -0.39 is 0 Å². The second-order valence-electron chi connectivity index (χ2n) is 6.27. The standard InChI is InChI=1S/C17H29N3/c1-4-8-19-16(14-7-6-13(5-2)10-14)15-9-12(3)11-20-17(15)18/h9,11,13-14,16,19H,4-8,10H2,1-3H3,(H2,18,20). The maximum Gasteiger partial charge on any atom is 0.128 e. The van der Waals surface area contributed by atoms with E-state index in [1.165, 1.54) is 36.8 Å². The normalized spacial score (nSPS) is 23.9. The Labute approximate surface area is 123 Å². The van der Waals surface area contributed by atoms with Crippen molar-refractivity contribution >= 4 is 5.82 Å². The summed E-state index contributed by atoms with van der Waals surface area (Å²) in [6, 6.07) is 2.59. The number of nitrogen functional groups attached to an aromatic ring is 1.